The Hall–Kier alpha value is -2.87. The molecule has 1 aromatic heterocycles. The van der Waals surface area contributed by atoms with Gasteiger partial charge in [-0.25, -0.2) is 4.79 Å². The summed E-state index contributed by atoms with van der Waals surface area (Å²) >= 11 is 3.41. The fourth-order valence-corrected chi connectivity index (χ4v) is 2.70. The topological polar surface area (TPSA) is 97.2 Å². The van der Waals surface area contributed by atoms with Crippen LogP contribution < -0.4 is 15.8 Å². The first kappa shape index (κ1) is 17.9. The first-order chi connectivity index (χ1) is 12.6. The van der Waals surface area contributed by atoms with Gasteiger partial charge in [-0.05, 0) is 46.6 Å². The number of anilines is 1. The highest BCUT2D eigenvalue weighted by Gasteiger charge is 2.07. The summed E-state index contributed by atoms with van der Waals surface area (Å²) in [6.07, 6.45) is 0.916. The van der Waals surface area contributed by atoms with E-state index in [1.807, 2.05) is 24.3 Å². The molecule has 0 aliphatic rings. The Bertz CT molecular complexity index is 951. The number of carbonyl (C=O) groups excluding carboxylic acids is 1. The van der Waals surface area contributed by atoms with Crippen molar-refractivity contribution in [1.82, 2.24) is 10.1 Å². The smallest absolute Gasteiger partial charge is 0.439 e. The quantitative estimate of drug-likeness (QED) is 0.572. The van der Waals surface area contributed by atoms with E-state index in [1.165, 1.54) is 0 Å². The summed E-state index contributed by atoms with van der Waals surface area (Å²) in [6.45, 7) is 0.441. The molecule has 2 aromatic carbocycles. The number of carbonyl (C=O) groups is 1. The lowest BCUT2D eigenvalue weighted by Crippen LogP contribution is -2.13. The molecule has 1 heterocycles. The summed E-state index contributed by atoms with van der Waals surface area (Å²) in [6, 6.07) is 14.6. The first-order valence-electron chi connectivity index (χ1n) is 7.95. The Labute approximate surface area is 157 Å². The molecule has 134 valence electrons. The van der Waals surface area contributed by atoms with Crippen LogP contribution >= 0.6 is 15.9 Å². The highest BCUT2D eigenvalue weighted by molar-refractivity contribution is 9.10. The number of aromatic amines is 1. The molecule has 0 unspecified atom stereocenters. The van der Waals surface area contributed by atoms with E-state index in [9.17, 15) is 9.59 Å². The molecule has 7 nitrogen and oxygen atoms in total. The Kier molecular flexibility index (Phi) is 5.85. The number of nitrogens with one attached hydrogen (secondary N) is 2. The van der Waals surface area contributed by atoms with Crippen LogP contribution in [0.25, 0.3) is 11.4 Å². The third-order valence-corrected chi connectivity index (χ3v) is 4.16. The number of amides is 1. The van der Waals surface area contributed by atoms with E-state index in [0.29, 0.717) is 36.5 Å². The molecular formula is C18H16BrN3O4. The number of hydrogen-bond acceptors (Lipinski definition) is 5. The van der Waals surface area contributed by atoms with Gasteiger partial charge in [0.25, 0.3) is 0 Å². The van der Waals surface area contributed by atoms with E-state index >= 15 is 0 Å². The van der Waals surface area contributed by atoms with E-state index in [-0.39, 0.29) is 5.91 Å². The minimum atomic E-state index is -0.625. The molecule has 26 heavy (non-hydrogen) atoms. The van der Waals surface area contributed by atoms with Crippen molar-refractivity contribution in [3.8, 4) is 17.1 Å². The number of hydrogen-bond donors (Lipinski definition) is 2. The van der Waals surface area contributed by atoms with E-state index in [0.717, 1.165) is 10.2 Å². The number of benzene rings is 2. The van der Waals surface area contributed by atoms with Gasteiger partial charge in [-0.3, -0.25) is 14.3 Å². The van der Waals surface area contributed by atoms with Crippen LogP contribution in [0, 0.1) is 0 Å². The molecule has 3 aromatic rings. The number of halogens is 1. The van der Waals surface area contributed by atoms with Crippen molar-refractivity contribution in [2.75, 3.05) is 11.9 Å². The van der Waals surface area contributed by atoms with Gasteiger partial charge in [0.1, 0.15) is 5.75 Å². The van der Waals surface area contributed by atoms with Gasteiger partial charge >= 0.3 is 5.76 Å². The number of H-pyrrole nitrogens is 1. The molecule has 0 atom stereocenters. The number of para-hydroxylation sites is 1. The first-order valence-corrected chi connectivity index (χ1v) is 8.75. The standard InChI is InChI=1S/C18H16BrN3O4/c19-14-7-1-2-8-15(14)25-10-4-9-16(23)20-13-6-3-5-12(11-13)17-21-18(24)26-22-17/h1-3,5-8,11H,4,9-10H2,(H,20,23)(H,21,22,24). The van der Waals surface area contributed by atoms with Gasteiger partial charge in [-0.2, -0.15) is 0 Å². The average molecular weight is 418 g/mol. The second kappa shape index (κ2) is 8.48. The van der Waals surface area contributed by atoms with Crippen LogP contribution in [0.5, 0.6) is 5.75 Å². The van der Waals surface area contributed by atoms with Crippen LogP contribution in [0.4, 0.5) is 5.69 Å². The molecule has 0 aliphatic heterocycles. The Morgan fingerprint density at radius 3 is 2.85 bits per heavy atom. The van der Waals surface area contributed by atoms with Gasteiger partial charge in [0.15, 0.2) is 5.82 Å². The van der Waals surface area contributed by atoms with Crippen LogP contribution in [0.1, 0.15) is 12.8 Å². The maximum absolute atomic E-state index is 12.1. The maximum Gasteiger partial charge on any atom is 0.439 e. The third-order valence-electron chi connectivity index (χ3n) is 3.50. The van der Waals surface area contributed by atoms with Crippen molar-refractivity contribution in [2.24, 2.45) is 0 Å². The fourth-order valence-electron chi connectivity index (χ4n) is 2.30. The molecular weight excluding hydrogens is 402 g/mol. The monoisotopic (exact) mass is 417 g/mol. The SMILES string of the molecule is O=C(CCCOc1ccccc1Br)Nc1cccc(-c2noc(=O)[nH]2)c1. The highest BCUT2D eigenvalue weighted by Crippen LogP contribution is 2.24. The van der Waals surface area contributed by atoms with Crippen LogP contribution in [-0.4, -0.2) is 22.7 Å². The largest absolute Gasteiger partial charge is 0.492 e. The number of aromatic nitrogens is 2. The molecule has 0 saturated heterocycles. The van der Waals surface area contributed by atoms with E-state index in [2.05, 4.69) is 35.9 Å². The van der Waals surface area contributed by atoms with Gasteiger partial charge < -0.3 is 10.1 Å². The molecule has 0 aliphatic carbocycles. The lowest BCUT2D eigenvalue weighted by molar-refractivity contribution is -0.116. The van der Waals surface area contributed by atoms with E-state index in [1.54, 1.807) is 24.3 Å². The predicted octanol–water partition coefficient (Wildman–Crippen LogP) is 3.59. The number of nitrogens with zero attached hydrogens (tertiary/aromatic N) is 1. The number of rotatable bonds is 7. The average Bonchev–Trinajstić information content (AvgIpc) is 3.07. The minimum absolute atomic E-state index is 0.119. The van der Waals surface area contributed by atoms with E-state index in [4.69, 9.17) is 4.74 Å². The molecule has 1 amide bonds. The highest BCUT2D eigenvalue weighted by atomic mass is 79.9. The summed E-state index contributed by atoms with van der Waals surface area (Å²) < 4.78 is 11.0. The molecule has 2 N–H and O–H groups in total. The molecule has 3 rings (SSSR count). The molecule has 0 saturated carbocycles. The van der Waals surface area contributed by atoms with Crippen LogP contribution in [-0.2, 0) is 4.79 Å². The number of ether oxygens (including phenoxy) is 1. The maximum atomic E-state index is 12.1. The summed E-state index contributed by atoms with van der Waals surface area (Å²) in [7, 11) is 0. The third kappa shape index (κ3) is 4.82. The van der Waals surface area contributed by atoms with Crippen molar-refractivity contribution >= 4 is 27.5 Å². The van der Waals surface area contributed by atoms with Crippen molar-refractivity contribution in [1.29, 1.82) is 0 Å². The zero-order valence-electron chi connectivity index (χ0n) is 13.7. The normalized spacial score (nSPS) is 10.5. The van der Waals surface area contributed by atoms with E-state index < -0.39 is 5.76 Å². The minimum Gasteiger partial charge on any atom is -0.492 e. The zero-order chi connectivity index (χ0) is 18.4. The Morgan fingerprint density at radius 2 is 2.08 bits per heavy atom. The lowest BCUT2D eigenvalue weighted by Gasteiger charge is -2.08. The molecule has 0 radical (unpaired) electrons. The molecule has 0 bridgehead atoms. The van der Waals surface area contributed by atoms with Crippen molar-refractivity contribution in [3.63, 3.8) is 0 Å². The lowest BCUT2D eigenvalue weighted by atomic mass is 10.2. The van der Waals surface area contributed by atoms with Gasteiger partial charge in [-0.15, -0.1) is 0 Å². The van der Waals surface area contributed by atoms with Gasteiger partial charge in [0.2, 0.25) is 5.91 Å². The van der Waals surface area contributed by atoms with Crippen molar-refractivity contribution in [3.05, 3.63) is 63.6 Å². The predicted molar refractivity (Wildman–Crippen MR) is 100 cm³/mol. The molecule has 8 heteroatoms. The second-order valence-electron chi connectivity index (χ2n) is 5.46. The second-order valence-corrected chi connectivity index (χ2v) is 6.31. The Balaban J connectivity index is 1.49. The van der Waals surface area contributed by atoms with Gasteiger partial charge in [0, 0.05) is 17.7 Å². The van der Waals surface area contributed by atoms with Gasteiger partial charge in [0.05, 0.1) is 11.1 Å². The van der Waals surface area contributed by atoms with Crippen LogP contribution in [0.3, 0.4) is 0 Å². The summed E-state index contributed by atoms with van der Waals surface area (Å²) in [4.78, 5) is 25.6. The molecule has 0 spiro atoms. The zero-order valence-corrected chi connectivity index (χ0v) is 15.3. The van der Waals surface area contributed by atoms with Gasteiger partial charge in [-0.1, -0.05) is 29.4 Å². The summed E-state index contributed by atoms with van der Waals surface area (Å²) in [5.74, 6) is 0.321. The van der Waals surface area contributed by atoms with Crippen LogP contribution in [0.2, 0.25) is 0 Å². The van der Waals surface area contributed by atoms with Crippen molar-refractivity contribution < 1.29 is 14.1 Å². The fraction of sp³-hybridized carbons (Fsp3) is 0.167. The molecule has 0 fully saturated rings. The van der Waals surface area contributed by atoms with Crippen LogP contribution in [0.15, 0.2) is 62.3 Å². The van der Waals surface area contributed by atoms with Crippen molar-refractivity contribution in [2.45, 2.75) is 12.8 Å². The summed E-state index contributed by atoms with van der Waals surface area (Å²) in [5.41, 5.74) is 1.26. The summed E-state index contributed by atoms with van der Waals surface area (Å²) in [5, 5.41) is 6.44. The Morgan fingerprint density at radius 1 is 1.23 bits per heavy atom.